The molecule has 1 heterocycles. The molecule has 1 saturated heterocycles. The first kappa shape index (κ1) is 9.52. The average Bonchev–Trinajstić information content (AvgIpc) is 2.46. The number of ether oxygens (including phenoxy) is 1. The first-order chi connectivity index (χ1) is 5.65. The van der Waals surface area contributed by atoms with Crippen molar-refractivity contribution >= 4 is 5.97 Å². The number of nitrogens with one attached hydrogen (secondary N) is 1. The molecular formula is C9H17NO2. The zero-order valence-electron chi connectivity index (χ0n) is 8.02. The van der Waals surface area contributed by atoms with Crippen molar-refractivity contribution in [2.45, 2.75) is 32.2 Å². The van der Waals surface area contributed by atoms with E-state index in [1.807, 2.05) is 6.92 Å². The van der Waals surface area contributed by atoms with Gasteiger partial charge in [0.15, 0.2) is 0 Å². The fourth-order valence-electron chi connectivity index (χ4n) is 2.00. The second kappa shape index (κ2) is 3.44. The van der Waals surface area contributed by atoms with E-state index in [2.05, 4.69) is 12.2 Å². The number of rotatable bonds is 2. The second-order valence-corrected chi connectivity index (χ2v) is 3.51. The molecule has 0 aromatic rings. The zero-order valence-corrected chi connectivity index (χ0v) is 8.02. The Morgan fingerprint density at radius 3 is 2.92 bits per heavy atom. The van der Waals surface area contributed by atoms with E-state index in [1.165, 1.54) is 7.11 Å². The molecule has 1 rings (SSSR count). The fourth-order valence-corrected chi connectivity index (χ4v) is 2.00. The van der Waals surface area contributed by atoms with Crippen LogP contribution in [0, 0.1) is 5.92 Å². The van der Waals surface area contributed by atoms with E-state index < -0.39 is 5.54 Å². The van der Waals surface area contributed by atoms with Crippen LogP contribution in [0.25, 0.3) is 0 Å². The number of carbonyl (C=O) groups excluding carboxylic acids is 1. The third-order valence-electron chi connectivity index (χ3n) is 2.90. The van der Waals surface area contributed by atoms with Crippen LogP contribution in [0.2, 0.25) is 0 Å². The molecule has 12 heavy (non-hydrogen) atoms. The van der Waals surface area contributed by atoms with Gasteiger partial charge in [-0.1, -0.05) is 13.3 Å². The summed E-state index contributed by atoms with van der Waals surface area (Å²) in [7, 11) is 1.44. The molecule has 0 bridgehead atoms. The lowest BCUT2D eigenvalue weighted by molar-refractivity contribution is -0.149. The van der Waals surface area contributed by atoms with Crippen molar-refractivity contribution in [1.82, 2.24) is 5.32 Å². The van der Waals surface area contributed by atoms with E-state index in [9.17, 15) is 4.79 Å². The van der Waals surface area contributed by atoms with Crippen molar-refractivity contribution in [3.05, 3.63) is 0 Å². The lowest BCUT2D eigenvalue weighted by Gasteiger charge is -2.27. The number of hydrogen-bond acceptors (Lipinski definition) is 3. The van der Waals surface area contributed by atoms with E-state index in [1.54, 1.807) is 0 Å². The van der Waals surface area contributed by atoms with Crippen LogP contribution in [-0.2, 0) is 9.53 Å². The van der Waals surface area contributed by atoms with Gasteiger partial charge >= 0.3 is 5.97 Å². The van der Waals surface area contributed by atoms with Gasteiger partial charge in [0.1, 0.15) is 5.54 Å². The van der Waals surface area contributed by atoms with Crippen molar-refractivity contribution in [3.63, 3.8) is 0 Å². The van der Waals surface area contributed by atoms with Crippen molar-refractivity contribution in [1.29, 1.82) is 0 Å². The molecule has 0 aromatic carbocycles. The number of esters is 1. The maximum atomic E-state index is 11.4. The van der Waals surface area contributed by atoms with Gasteiger partial charge in [0.05, 0.1) is 7.11 Å². The highest BCUT2D eigenvalue weighted by Crippen LogP contribution is 2.29. The van der Waals surface area contributed by atoms with Crippen LogP contribution >= 0.6 is 0 Å². The molecule has 1 N–H and O–H groups in total. The van der Waals surface area contributed by atoms with E-state index in [0.717, 1.165) is 19.4 Å². The van der Waals surface area contributed by atoms with Crippen LogP contribution in [0.5, 0.6) is 0 Å². The molecule has 1 aliphatic heterocycles. The van der Waals surface area contributed by atoms with E-state index >= 15 is 0 Å². The Morgan fingerprint density at radius 2 is 2.42 bits per heavy atom. The highest BCUT2D eigenvalue weighted by molar-refractivity contribution is 5.81. The summed E-state index contributed by atoms with van der Waals surface area (Å²) in [4.78, 5) is 11.4. The summed E-state index contributed by atoms with van der Waals surface area (Å²) in [5, 5.41) is 3.21. The van der Waals surface area contributed by atoms with Crippen LogP contribution in [0.15, 0.2) is 0 Å². The first-order valence-electron chi connectivity index (χ1n) is 4.48. The molecule has 1 aliphatic rings. The standard InChI is InChI=1S/C9H17NO2/c1-4-7-5-6-10-9(7,2)8(11)12-3/h7,10H,4-6H2,1-3H3/t7-,9+/m1/s1. The summed E-state index contributed by atoms with van der Waals surface area (Å²) < 4.78 is 4.77. The van der Waals surface area contributed by atoms with Crippen LogP contribution in [0.1, 0.15) is 26.7 Å². The molecule has 0 aromatic heterocycles. The molecule has 0 aliphatic carbocycles. The number of carbonyl (C=O) groups is 1. The van der Waals surface area contributed by atoms with Gasteiger partial charge in [0.2, 0.25) is 0 Å². The van der Waals surface area contributed by atoms with Crippen LogP contribution in [0.3, 0.4) is 0 Å². The fraction of sp³-hybridized carbons (Fsp3) is 0.889. The van der Waals surface area contributed by atoms with E-state index in [4.69, 9.17) is 4.74 Å². The van der Waals surface area contributed by atoms with Gasteiger partial charge in [-0.3, -0.25) is 4.79 Å². The molecule has 1 fully saturated rings. The van der Waals surface area contributed by atoms with Gasteiger partial charge in [-0.25, -0.2) is 0 Å². The molecule has 0 unspecified atom stereocenters. The highest BCUT2D eigenvalue weighted by Gasteiger charge is 2.44. The SMILES string of the molecule is CC[C@@H]1CCN[C@]1(C)C(=O)OC. The Kier molecular flexibility index (Phi) is 2.73. The lowest BCUT2D eigenvalue weighted by Crippen LogP contribution is -2.49. The molecule has 0 spiro atoms. The lowest BCUT2D eigenvalue weighted by atomic mass is 9.85. The summed E-state index contributed by atoms with van der Waals surface area (Å²) in [6.45, 7) is 4.96. The maximum Gasteiger partial charge on any atom is 0.326 e. The topological polar surface area (TPSA) is 38.3 Å². The smallest absolute Gasteiger partial charge is 0.326 e. The molecular weight excluding hydrogens is 154 g/mol. The minimum absolute atomic E-state index is 0.133. The van der Waals surface area contributed by atoms with E-state index in [-0.39, 0.29) is 5.97 Å². The Balaban J connectivity index is 2.74. The Labute approximate surface area is 73.5 Å². The van der Waals surface area contributed by atoms with Gasteiger partial charge in [-0.2, -0.15) is 0 Å². The van der Waals surface area contributed by atoms with Gasteiger partial charge in [-0.05, 0) is 25.8 Å². The summed E-state index contributed by atoms with van der Waals surface area (Å²) in [5.74, 6) is 0.289. The van der Waals surface area contributed by atoms with Gasteiger partial charge < -0.3 is 10.1 Å². The van der Waals surface area contributed by atoms with Crippen LogP contribution in [0.4, 0.5) is 0 Å². The Morgan fingerprint density at radius 1 is 1.75 bits per heavy atom. The normalized spacial score (nSPS) is 35.1. The second-order valence-electron chi connectivity index (χ2n) is 3.51. The average molecular weight is 171 g/mol. The summed E-state index contributed by atoms with van der Waals surface area (Å²) in [6, 6.07) is 0. The van der Waals surface area contributed by atoms with Gasteiger partial charge in [-0.15, -0.1) is 0 Å². The van der Waals surface area contributed by atoms with Gasteiger partial charge in [0, 0.05) is 0 Å². The first-order valence-corrected chi connectivity index (χ1v) is 4.48. The zero-order chi connectivity index (χ0) is 9.19. The summed E-state index contributed by atoms with van der Waals surface area (Å²) in [6.07, 6.45) is 2.10. The van der Waals surface area contributed by atoms with Crippen LogP contribution in [-0.4, -0.2) is 25.2 Å². The predicted molar refractivity (Wildman–Crippen MR) is 46.8 cm³/mol. The minimum Gasteiger partial charge on any atom is -0.468 e. The monoisotopic (exact) mass is 171 g/mol. The molecule has 2 atom stereocenters. The Bertz CT molecular complexity index is 181. The Hall–Kier alpha value is -0.570. The maximum absolute atomic E-state index is 11.4. The van der Waals surface area contributed by atoms with Crippen molar-refractivity contribution in [3.8, 4) is 0 Å². The van der Waals surface area contributed by atoms with Gasteiger partial charge in [0.25, 0.3) is 0 Å². The highest BCUT2D eigenvalue weighted by atomic mass is 16.5. The van der Waals surface area contributed by atoms with Crippen molar-refractivity contribution in [2.24, 2.45) is 5.92 Å². The quantitative estimate of drug-likeness (QED) is 0.628. The molecule has 3 nitrogen and oxygen atoms in total. The van der Waals surface area contributed by atoms with Crippen molar-refractivity contribution < 1.29 is 9.53 Å². The van der Waals surface area contributed by atoms with E-state index in [0.29, 0.717) is 5.92 Å². The number of hydrogen-bond donors (Lipinski definition) is 1. The summed E-state index contributed by atoms with van der Waals surface area (Å²) >= 11 is 0. The third kappa shape index (κ3) is 1.33. The molecule has 3 heteroatoms. The molecule has 0 saturated carbocycles. The number of methoxy groups -OCH3 is 1. The predicted octanol–water partition coefficient (Wildman–Crippen LogP) is 0.938. The molecule has 0 radical (unpaired) electrons. The minimum atomic E-state index is -0.441. The largest absolute Gasteiger partial charge is 0.468 e. The molecule has 0 amide bonds. The molecule has 70 valence electrons. The van der Waals surface area contributed by atoms with Crippen molar-refractivity contribution in [2.75, 3.05) is 13.7 Å². The van der Waals surface area contributed by atoms with Crippen LogP contribution < -0.4 is 5.32 Å². The summed E-state index contributed by atoms with van der Waals surface area (Å²) in [5.41, 5.74) is -0.441. The third-order valence-corrected chi connectivity index (χ3v) is 2.90.